The summed E-state index contributed by atoms with van der Waals surface area (Å²) in [6.45, 7) is 2.33. The highest BCUT2D eigenvalue weighted by molar-refractivity contribution is 7.91. The Labute approximate surface area is 193 Å². The summed E-state index contributed by atoms with van der Waals surface area (Å²) in [6, 6.07) is 7.11. The number of likely N-dealkylation sites (tertiary alicyclic amines) is 1. The molecular formula is C22H24F5N3O3S. The molecule has 0 aromatic heterocycles. The molecule has 186 valence electrons. The topological polar surface area (TPSA) is 93.5 Å². The molecule has 1 aliphatic rings. The van der Waals surface area contributed by atoms with Crippen molar-refractivity contribution in [1.29, 1.82) is 4.78 Å². The average Bonchev–Trinajstić information content (AvgIpc) is 3.08. The van der Waals surface area contributed by atoms with Crippen LogP contribution in [-0.2, 0) is 21.1 Å². The molecule has 34 heavy (non-hydrogen) atoms. The highest BCUT2D eigenvalue weighted by atomic mass is 32.2. The van der Waals surface area contributed by atoms with Crippen LogP contribution in [0.3, 0.4) is 0 Å². The Morgan fingerprint density at radius 1 is 1.21 bits per heavy atom. The third-order valence-corrected chi connectivity index (χ3v) is 6.90. The van der Waals surface area contributed by atoms with Crippen molar-refractivity contribution in [3.8, 4) is 11.1 Å². The first-order valence-electron chi connectivity index (χ1n) is 10.3. The molecule has 0 saturated carbocycles. The Balaban J connectivity index is 2.00. The van der Waals surface area contributed by atoms with Gasteiger partial charge in [0.05, 0.1) is 6.04 Å². The molecule has 0 radical (unpaired) electrons. The van der Waals surface area contributed by atoms with Crippen LogP contribution in [0.25, 0.3) is 11.1 Å². The second kappa shape index (κ2) is 9.23. The first-order chi connectivity index (χ1) is 15.6. The summed E-state index contributed by atoms with van der Waals surface area (Å²) in [7, 11) is -5.24. The van der Waals surface area contributed by atoms with Crippen molar-refractivity contribution >= 4 is 15.8 Å². The molecular weight excluding hydrogens is 481 g/mol. The quantitative estimate of drug-likeness (QED) is 0.519. The summed E-state index contributed by atoms with van der Waals surface area (Å²) >= 11 is 0. The predicted octanol–water partition coefficient (Wildman–Crippen LogP) is 3.99. The number of halogens is 5. The molecule has 1 saturated heterocycles. The van der Waals surface area contributed by atoms with Crippen molar-refractivity contribution in [2.75, 3.05) is 6.54 Å². The monoisotopic (exact) mass is 505 g/mol. The van der Waals surface area contributed by atoms with Crippen LogP contribution in [0, 0.1) is 16.4 Å². The van der Waals surface area contributed by atoms with Crippen molar-refractivity contribution < 1.29 is 36.1 Å². The van der Waals surface area contributed by atoms with Gasteiger partial charge >= 0.3 is 5.51 Å². The van der Waals surface area contributed by atoms with E-state index in [1.54, 1.807) is 4.72 Å². The molecule has 0 aliphatic carbocycles. The smallest absolute Gasteiger partial charge is 0.381 e. The van der Waals surface area contributed by atoms with Crippen molar-refractivity contribution in [1.82, 2.24) is 9.62 Å². The number of rotatable bonds is 6. The van der Waals surface area contributed by atoms with Crippen LogP contribution in [0.1, 0.15) is 25.8 Å². The van der Waals surface area contributed by atoms with E-state index in [0.29, 0.717) is 0 Å². The second-order valence-corrected chi connectivity index (χ2v) is 10.4. The zero-order valence-electron chi connectivity index (χ0n) is 18.3. The van der Waals surface area contributed by atoms with Gasteiger partial charge in [0.25, 0.3) is 5.91 Å². The van der Waals surface area contributed by atoms with E-state index >= 15 is 4.39 Å². The molecule has 3 atom stereocenters. The van der Waals surface area contributed by atoms with E-state index in [1.165, 1.54) is 50.2 Å². The summed E-state index contributed by atoms with van der Waals surface area (Å²) in [4.78, 5) is 13.9. The molecule has 0 bridgehead atoms. The minimum absolute atomic E-state index is 0.0255. The Bertz CT molecular complexity index is 1180. The minimum atomic E-state index is -5.35. The van der Waals surface area contributed by atoms with Crippen LogP contribution in [0.2, 0.25) is 0 Å². The predicted molar refractivity (Wildman–Crippen MR) is 116 cm³/mol. The lowest BCUT2D eigenvalue weighted by Gasteiger charge is -2.33. The van der Waals surface area contributed by atoms with Gasteiger partial charge in [-0.05, 0) is 49.9 Å². The van der Waals surface area contributed by atoms with E-state index in [-0.39, 0.29) is 36.1 Å². The maximum atomic E-state index is 15.4. The number of benzene rings is 2. The number of nitrogens with one attached hydrogen (secondary N) is 2. The fourth-order valence-electron chi connectivity index (χ4n) is 3.97. The van der Waals surface area contributed by atoms with Crippen molar-refractivity contribution in [2.45, 2.75) is 49.9 Å². The Morgan fingerprint density at radius 2 is 1.85 bits per heavy atom. The Morgan fingerprint density at radius 3 is 2.44 bits per heavy atom. The molecule has 1 unspecified atom stereocenters. The molecule has 3 N–H and O–H groups in total. The number of carbonyl (C=O) groups excluding carboxylic acids is 1. The van der Waals surface area contributed by atoms with Gasteiger partial charge in [0.1, 0.15) is 17.2 Å². The fraction of sp³-hybridized carbons (Fsp3) is 0.409. The van der Waals surface area contributed by atoms with E-state index in [1.807, 2.05) is 0 Å². The molecule has 1 aliphatic heterocycles. The number of hydrogen-bond donors (Lipinski definition) is 3. The van der Waals surface area contributed by atoms with Crippen LogP contribution < -0.4 is 4.72 Å². The standard InChI is InChI=1S/C22H24F5N3O3S/c1-21(2,32)20(31)30-10-9-17(29-34(28,33)22(25,26)27)18(30)12-14-6-4-8-16(19(14)24)13-5-3-7-15(23)11-13/h3-8,11,17-18,32H,9-10,12H2,1-2H3,(H2,28,29,33)/t17-,18-,34?/m0/s1. The van der Waals surface area contributed by atoms with Gasteiger partial charge in [-0.1, -0.05) is 30.3 Å². The zero-order chi connectivity index (χ0) is 25.5. The highest BCUT2D eigenvalue weighted by Crippen LogP contribution is 2.32. The Kier molecular flexibility index (Phi) is 7.07. The van der Waals surface area contributed by atoms with Gasteiger partial charge in [-0.2, -0.15) is 13.2 Å². The summed E-state index contributed by atoms with van der Waals surface area (Å²) in [5, 5.41) is 10.2. The molecule has 2 aromatic rings. The normalized spacial score (nSPS) is 20.9. The molecule has 12 heteroatoms. The first-order valence-corrected chi connectivity index (χ1v) is 11.9. The number of nitrogens with zero attached hydrogens (tertiary/aromatic N) is 1. The molecule has 1 amide bonds. The maximum Gasteiger partial charge on any atom is 0.492 e. The molecule has 2 aromatic carbocycles. The average molecular weight is 506 g/mol. The first kappa shape index (κ1) is 26.0. The Hall–Kier alpha value is -2.57. The van der Waals surface area contributed by atoms with Gasteiger partial charge in [-0.25, -0.2) is 22.5 Å². The van der Waals surface area contributed by atoms with Crippen molar-refractivity contribution in [2.24, 2.45) is 0 Å². The maximum absolute atomic E-state index is 15.4. The molecule has 1 heterocycles. The zero-order valence-corrected chi connectivity index (χ0v) is 19.1. The molecule has 3 rings (SSSR count). The third-order valence-electron chi connectivity index (χ3n) is 5.62. The summed E-state index contributed by atoms with van der Waals surface area (Å²) in [5.41, 5.74) is -6.89. The summed E-state index contributed by atoms with van der Waals surface area (Å²) in [5.74, 6) is -2.13. The summed E-state index contributed by atoms with van der Waals surface area (Å²) in [6.07, 6.45) is -0.383. The fourth-order valence-corrected chi connectivity index (χ4v) is 4.80. The van der Waals surface area contributed by atoms with Gasteiger partial charge < -0.3 is 10.0 Å². The van der Waals surface area contributed by atoms with Gasteiger partial charge in [0.15, 0.2) is 0 Å². The van der Waals surface area contributed by atoms with Crippen LogP contribution >= 0.6 is 0 Å². The second-order valence-electron chi connectivity index (χ2n) is 8.63. The van der Waals surface area contributed by atoms with E-state index < -0.39 is 50.6 Å². The number of amides is 1. The van der Waals surface area contributed by atoms with Gasteiger partial charge in [0, 0.05) is 18.2 Å². The number of carbonyl (C=O) groups is 1. The van der Waals surface area contributed by atoms with Crippen LogP contribution in [0.4, 0.5) is 22.0 Å². The lowest BCUT2D eigenvalue weighted by molar-refractivity contribution is -0.148. The molecule has 6 nitrogen and oxygen atoms in total. The van der Waals surface area contributed by atoms with E-state index in [4.69, 9.17) is 4.78 Å². The van der Waals surface area contributed by atoms with E-state index in [2.05, 4.69) is 0 Å². The van der Waals surface area contributed by atoms with Gasteiger partial charge in [-0.15, -0.1) is 0 Å². The van der Waals surface area contributed by atoms with Gasteiger partial charge in [0.2, 0.25) is 9.92 Å². The number of hydrogen-bond acceptors (Lipinski definition) is 4. The number of alkyl halides is 3. The van der Waals surface area contributed by atoms with Crippen molar-refractivity contribution in [3.63, 3.8) is 0 Å². The van der Waals surface area contributed by atoms with Crippen LogP contribution in [0.5, 0.6) is 0 Å². The van der Waals surface area contributed by atoms with E-state index in [9.17, 15) is 31.7 Å². The van der Waals surface area contributed by atoms with Gasteiger partial charge in [-0.3, -0.25) is 4.79 Å². The SMILES string of the molecule is CC(C)(O)C(=O)N1CC[C@H](NS(=N)(=O)C(F)(F)F)[C@@H]1Cc1cccc(-c2cccc(F)c2)c1F. The lowest BCUT2D eigenvalue weighted by atomic mass is 9.95. The highest BCUT2D eigenvalue weighted by Gasteiger charge is 2.48. The lowest BCUT2D eigenvalue weighted by Crippen LogP contribution is -2.53. The third kappa shape index (κ3) is 5.39. The molecule has 1 fully saturated rings. The largest absolute Gasteiger partial charge is 0.492 e. The van der Waals surface area contributed by atoms with Crippen molar-refractivity contribution in [3.05, 3.63) is 59.7 Å². The van der Waals surface area contributed by atoms with E-state index in [0.717, 1.165) is 11.0 Å². The summed E-state index contributed by atoms with van der Waals surface area (Å²) < 4.78 is 89.3. The molecule has 0 spiro atoms. The van der Waals surface area contributed by atoms with Crippen LogP contribution in [-0.4, -0.2) is 49.9 Å². The van der Waals surface area contributed by atoms with Crippen LogP contribution in [0.15, 0.2) is 42.5 Å². The number of aliphatic hydroxyl groups is 1. The minimum Gasteiger partial charge on any atom is -0.381 e.